The topological polar surface area (TPSA) is 89.3 Å². The van der Waals surface area contributed by atoms with Crippen LogP contribution in [0, 0.1) is 6.92 Å². The first-order valence-corrected chi connectivity index (χ1v) is 8.13. The molecule has 0 unspecified atom stereocenters. The number of sulfone groups is 1. The maximum atomic E-state index is 12.1. The highest BCUT2D eigenvalue weighted by molar-refractivity contribution is 7.90. The van der Waals surface area contributed by atoms with Gasteiger partial charge in [0.1, 0.15) is 0 Å². The zero-order valence-electron chi connectivity index (χ0n) is 11.8. The molecule has 0 bridgehead atoms. The number of hydrogen-bond acceptors (Lipinski definition) is 4. The fourth-order valence-corrected chi connectivity index (χ4v) is 2.56. The summed E-state index contributed by atoms with van der Waals surface area (Å²) in [5.41, 5.74) is 8.11. The quantitative estimate of drug-likeness (QED) is 0.851. The molecule has 3 N–H and O–H groups in total. The Morgan fingerprint density at radius 1 is 1.10 bits per heavy atom. The number of carbonyl (C=O) groups excluding carboxylic acids is 1. The number of carbonyl (C=O) groups is 1. The molecule has 0 saturated heterocycles. The number of hydrogen-bond donors (Lipinski definition) is 2. The molecule has 6 heteroatoms. The summed E-state index contributed by atoms with van der Waals surface area (Å²) in [6.07, 6.45) is 1.14. The molecule has 0 aliphatic carbocycles. The average Bonchev–Trinajstić information content (AvgIpc) is 2.37. The zero-order chi connectivity index (χ0) is 15.6. The van der Waals surface area contributed by atoms with Crippen molar-refractivity contribution >= 4 is 27.1 Å². The average molecular weight is 304 g/mol. The number of benzene rings is 2. The Hall–Kier alpha value is -2.34. The number of aryl methyl sites for hydroxylation is 1. The van der Waals surface area contributed by atoms with Gasteiger partial charge in [-0.05, 0) is 55.0 Å². The molecule has 21 heavy (non-hydrogen) atoms. The van der Waals surface area contributed by atoms with Crippen LogP contribution in [0.1, 0.15) is 15.9 Å². The maximum Gasteiger partial charge on any atom is 0.255 e. The van der Waals surface area contributed by atoms with E-state index < -0.39 is 9.84 Å². The summed E-state index contributed by atoms with van der Waals surface area (Å²) in [4.78, 5) is 12.3. The lowest BCUT2D eigenvalue weighted by Gasteiger charge is -2.07. The summed E-state index contributed by atoms with van der Waals surface area (Å²) >= 11 is 0. The van der Waals surface area contributed by atoms with E-state index in [2.05, 4.69) is 5.32 Å². The van der Waals surface area contributed by atoms with Crippen molar-refractivity contribution in [1.82, 2.24) is 0 Å². The van der Waals surface area contributed by atoms with E-state index in [0.717, 1.165) is 11.8 Å². The molecule has 2 aromatic rings. The van der Waals surface area contributed by atoms with Crippen molar-refractivity contribution < 1.29 is 13.2 Å². The third kappa shape index (κ3) is 3.82. The molecule has 0 spiro atoms. The highest BCUT2D eigenvalue weighted by Crippen LogP contribution is 2.16. The molecule has 0 fully saturated rings. The van der Waals surface area contributed by atoms with Gasteiger partial charge in [-0.25, -0.2) is 8.42 Å². The van der Waals surface area contributed by atoms with E-state index in [1.807, 2.05) is 6.92 Å². The van der Waals surface area contributed by atoms with Crippen LogP contribution in [0.3, 0.4) is 0 Å². The second-order valence-corrected chi connectivity index (χ2v) is 6.90. The molecule has 0 radical (unpaired) electrons. The maximum absolute atomic E-state index is 12.1. The van der Waals surface area contributed by atoms with Gasteiger partial charge in [0.25, 0.3) is 5.91 Å². The van der Waals surface area contributed by atoms with Crippen LogP contribution >= 0.6 is 0 Å². The van der Waals surface area contributed by atoms with Crippen LogP contribution in [0.2, 0.25) is 0 Å². The van der Waals surface area contributed by atoms with Crippen LogP contribution in [-0.2, 0) is 9.84 Å². The lowest BCUT2D eigenvalue weighted by atomic mass is 10.1. The standard InChI is InChI=1S/C15H16N2O3S/c1-10-7-11(9-12(16)8-10)15(18)17-13-3-5-14(6-4-13)21(2,19)20/h3-9H,16H2,1-2H3,(H,17,18). The van der Waals surface area contributed by atoms with E-state index in [-0.39, 0.29) is 10.8 Å². The Bertz CT molecular complexity index is 761. The fourth-order valence-electron chi connectivity index (χ4n) is 1.93. The largest absolute Gasteiger partial charge is 0.399 e. The molecule has 5 nitrogen and oxygen atoms in total. The van der Waals surface area contributed by atoms with Gasteiger partial charge < -0.3 is 11.1 Å². The highest BCUT2D eigenvalue weighted by atomic mass is 32.2. The molecule has 2 aromatic carbocycles. The second-order valence-electron chi connectivity index (χ2n) is 4.88. The molecule has 0 aromatic heterocycles. The Balaban J connectivity index is 2.20. The lowest BCUT2D eigenvalue weighted by Crippen LogP contribution is -2.12. The summed E-state index contributed by atoms with van der Waals surface area (Å²) in [6.45, 7) is 1.86. The first-order valence-electron chi connectivity index (χ1n) is 6.24. The van der Waals surface area contributed by atoms with E-state index in [0.29, 0.717) is 16.9 Å². The van der Waals surface area contributed by atoms with Crippen molar-refractivity contribution in [2.45, 2.75) is 11.8 Å². The number of nitrogens with two attached hydrogens (primary N) is 1. The minimum Gasteiger partial charge on any atom is -0.399 e. The van der Waals surface area contributed by atoms with E-state index in [1.54, 1.807) is 30.3 Å². The molecule has 0 aliphatic rings. The lowest BCUT2D eigenvalue weighted by molar-refractivity contribution is 0.102. The molecule has 0 heterocycles. The predicted octanol–water partition coefficient (Wildman–Crippen LogP) is 2.23. The molecule has 2 rings (SSSR count). The first kappa shape index (κ1) is 15.1. The van der Waals surface area contributed by atoms with E-state index in [9.17, 15) is 13.2 Å². The molecule has 0 saturated carbocycles. The van der Waals surface area contributed by atoms with Crippen molar-refractivity contribution in [3.05, 3.63) is 53.6 Å². The van der Waals surface area contributed by atoms with Crippen LogP contribution < -0.4 is 11.1 Å². The van der Waals surface area contributed by atoms with E-state index >= 15 is 0 Å². The molecule has 0 aliphatic heterocycles. The number of amides is 1. The van der Waals surface area contributed by atoms with E-state index in [4.69, 9.17) is 5.73 Å². The van der Waals surface area contributed by atoms with Crippen molar-refractivity contribution in [2.75, 3.05) is 17.3 Å². The van der Waals surface area contributed by atoms with Gasteiger partial charge in [0.2, 0.25) is 0 Å². The molecule has 1 amide bonds. The summed E-state index contributed by atoms with van der Waals surface area (Å²) in [5, 5.41) is 2.70. The first-order chi connectivity index (χ1) is 9.75. The van der Waals surface area contributed by atoms with Crippen molar-refractivity contribution in [3.8, 4) is 0 Å². The van der Waals surface area contributed by atoms with Crippen LogP contribution in [0.5, 0.6) is 0 Å². The minimum absolute atomic E-state index is 0.209. The monoisotopic (exact) mass is 304 g/mol. The summed E-state index contributed by atoms with van der Waals surface area (Å²) in [7, 11) is -3.24. The van der Waals surface area contributed by atoms with Crippen LogP contribution in [0.15, 0.2) is 47.4 Å². The summed E-state index contributed by atoms with van der Waals surface area (Å²) in [6, 6.07) is 11.1. The molecular formula is C15H16N2O3S. The Morgan fingerprint density at radius 3 is 2.24 bits per heavy atom. The summed E-state index contributed by atoms with van der Waals surface area (Å²) in [5.74, 6) is -0.294. The SMILES string of the molecule is Cc1cc(N)cc(C(=O)Nc2ccc(S(C)(=O)=O)cc2)c1. The van der Waals surface area contributed by atoms with E-state index in [1.165, 1.54) is 12.1 Å². The van der Waals surface area contributed by atoms with Crippen LogP contribution in [-0.4, -0.2) is 20.6 Å². The number of anilines is 2. The highest BCUT2D eigenvalue weighted by Gasteiger charge is 2.09. The zero-order valence-corrected chi connectivity index (χ0v) is 12.6. The van der Waals surface area contributed by atoms with Gasteiger partial charge in [-0.15, -0.1) is 0 Å². The van der Waals surface area contributed by atoms with Gasteiger partial charge in [0.05, 0.1) is 4.90 Å². The van der Waals surface area contributed by atoms with Crippen molar-refractivity contribution in [2.24, 2.45) is 0 Å². The Labute approximate surface area is 123 Å². The Kier molecular flexibility index (Phi) is 3.99. The van der Waals surface area contributed by atoms with Gasteiger partial charge >= 0.3 is 0 Å². The van der Waals surface area contributed by atoms with Gasteiger partial charge in [-0.3, -0.25) is 4.79 Å². The van der Waals surface area contributed by atoms with Crippen LogP contribution in [0.4, 0.5) is 11.4 Å². The van der Waals surface area contributed by atoms with Gasteiger partial charge in [-0.2, -0.15) is 0 Å². The summed E-state index contributed by atoms with van der Waals surface area (Å²) < 4.78 is 22.7. The third-order valence-corrected chi connectivity index (χ3v) is 4.03. The molecular weight excluding hydrogens is 288 g/mol. The van der Waals surface area contributed by atoms with Gasteiger partial charge in [0, 0.05) is 23.2 Å². The minimum atomic E-state index is -3.24. The number of nitrogens with one attached hydrogen (secondary N) is 1. The van der Waals surface area contributed by atoms with Gasteiger partial charge in [-0.1, -0.05) is 0 Å². The van der Waals surface area contributed by atoms with Crippen molar-refractivity contribution in [1.29, 1.82) is 0 Å². The number of rotatable bonds is 3. The number of nitrogen functional groups attached to an aromatic ring is 1. The third-order valence-electron chi connectivity index (χ3n) is 2.90. The normalized spacial score (nSPS) is 11.1. The fraction of sp³-hybridized carbons (Fsp3) is 0.133. The second kappa shape index (κ2) is 5.57. The van der Waals surface area contributed by atoms with Crippen LogP contribution in [0.25, 0.3) is 0 Å². The van der Waals surface area contributed by atoms with Gasteiger partial charge in [0.15, 0.2) is 9.84 Å². The Morgan fingerprint density at radius 2 is 1.71 bits per heavy atom. The molecule has 0 atom stereocenters. The molecule has 110 valence electrons. The predicted molar refractivity (Wildman–Crippen MR) is 83.1 cm³/mol. The smallest absolute Gasteiger partial charge is 0.255 e. The van der Waals surface area contributed by atoms with Crippen molar-refractivity contribution in [3.63, 3.8) is 0 Å².